The fourth-order valence-electron chi connectivity index (χ4n) is 1.88. The molecule has 0 aliphatic carbocycles. The second-order valence-corrected chi connectivity index (χ2v) is 4.95. The highest BCUT2D eigenvalue weighted by Gasteiger charge is 2.32. The maximum absolute atomic E-state index is 12.0. The van der Waals surface area contributed by atoms with Gasteiger partial charge in [0.05, 0.1) is 0 Å². The summed E-state index contributed by atoms with van der Waals surface area (Å²) in [5.74, 6) is 0. The van der Waals surface area contributed by atoms with Crippen molar-refractivity contribution >= 4 is 6.03 Å². The Balaban J connectivity index is 2.66. The van der Waals surface area contributed by atoms with Crippen LogP contribution in [0.1, 0.15) is 40.5 Å². The molecule has 14 heavy (non-hydrogen) atoms. The first-order chi connectivity index (χ1) is 6.46. The highest BCUT2D eigenvalue weighted by atomic mass is 16.2. The molecule has 1 rings (SSSR count). The molecule has 1 fully saturated rings. The van der Waals surface area contributed by atoms with Gasteiger partial charge in [0.15, 0.2) is 0 Å². The summed E-state index contributed by atoms with van der Waals surface area (Å²) in [5.41, 5.74) is -0.0382. The van der Waals surface area contributed by atoms with Crippen molar-refractivity contribution in [3.8, 4) is 0 Å². The predicted octanol–water partition coefficient (Wildman–Crippen LogP) is 2.32. The Bertz CT molecular complexity index is 206. The molecule has 0 spiro atoms. The molecule has 0 N–H and O–H groups in total. The first kappa shape index (κ1) is 11.3. The van der Waals surface area contributed by atoms with E-state index in [1.165, 1.54) is 0 Å². The van der Waals surface area contributed by atoms with Crippen molar-refractivity contribution < 1.29 is 4.79 Å². The number of hydrogen-bond acceptors (Lipinski definition) is 1. The zero-order chi connectivity index (χ0) is 10.8. The molecular formula is C11H22N2O. The number of carbonyl (C=O) groups excluding carboxylic acids is 1. The summed E-state index contributed by atoms with van der Waals surface area (Å²) in [7, 11) is 0. The topological polar surface area (TPSA) is 23.6 Å². The molecular weight excluding hydrogens is 176 g/mol. The minimum absolute atomic E-state index is 0.0382. The zero-order valence-corrected chi connectivity index (χ0v) is 9.84. The molecule has 3 nitrogen and oxygen atoms in total. The summed E-state index contributed by atoms with van der Waals surface area (Å²) in [5, 5.41) is 0. The van der Waals surface area contributed by atoms with Gasteiger partial charge in [-0.1, -0.05) is 6.92 Å². The van der Waals surface area contributed by atoms with E-state index >= 15 is 0 Å². The van der Waals surface area contributed by atoms with Crippen LogP contribution in [0.2, 0.25) is 0 Å². The Hall–Kier alpha value is -0.730. The molecule has 1 heterocycles. The zero-order valence-electron chi connectivity index (χ0n) is 9.84. The smallest absolute Gasteiger partial charge is 0.320 e. The van der Waals surface area contributed by atoms with Crippen LogP contribution >= 0.6 is 0 Å². The fraction of sp³-hybridized carbons (Fsp3) is 0.909. The summed E-state index contributed by atoms with van der Waals surface area (Å²) in [4.78, 5) is 16.0. The molecule has 0 aromatic heterocycles. The third-order valence-electron chi connectivity index (χ3n) is 2.61. The summed E-state index contributed by atoms with van der Waals surface area (Å²) >= 11 is 0. The quantitative estimate of drug-likeness (QED) is 0.668. The van der Waals surface area contributed by atoms with Gasteiger partial charge < -0.3 is 9.80 Å². The monoisotopic (exact) mass is 198 g/mol. The molecule has 0 bridgehead atoms. The minimum Gasteiger partial charge on any atom is -0.325 e. The third kappa shape index (κ3) is 2.40. The van der Waals surface area contributed by atoms with Gasteiger partial charge in [-0.05, 0) is 33.6 Å². The Labute approximate surface area is 87.1 Å². The maximum atomic E-state index is 12.0. The van der Waals surface area contributed by atoms with E-state index in [1.807, 2.05) is 9.80 Å². The Morgan fingerprint density at radius 3 is 2.43 bits per heavy atom. The number of urea groups is 1. The third-order valence-corrected chi connectivity index (χ3v) is 2.61. The second kappa shape index (κ2) is 4.20. The molecule has 1 aliphatic heterocycles. The summed E-state index contributed by atoms with van der Waals surface area (Å²) in [6.07, 6.45) is 2.15. The first-order valence-corrected chi connectivity index (χ1v) is 5.53. The van der Waals surface area contributed by atoms with Gasteiger partial charge in [0, 0.05) is 25.2 Å². The molecule has 1 saturated heterocycles. The molecule has 0 radical (unpaired) electrons. The van der Waals surface area contributed by atoms with Crippen molar-refractivity contribution in [2.75, 3.05) is 19.6 Å². The van der Waals surface area contributed by atoms with Crippen LogP contribution in [0.3, 0.4) is 0 Å². The van der Waals surface area contributed by atoms with E-state index in [9.17, 15) is 4.79 Å². The number of rotatable bonds is 2. The molecule has 0 aromatic carbocycles. The summed E-state index contributed by atoms with van der Waals surface area (Å²) in [6.45, 7) is 11.1. The first-order valence-electron chi connectivity index (χ1n) is 5.53. The van der Waals surface area contributed by atoms with Crippen LogP contribution in [0, 0.1) is 0 Å². The Morgan fingerprint density at radius 2 is 1.93 bits per heavy atom. The standard InChI is InChI=1S/C11H22N2O/c1-5-7-12-8-6-9-13(10(12)14)11(2,3)4/h5-9H2,1-4H3. The van der Waals surface area contributed by atoms with E-state index in [-0.39, 0.29) is 11.6 Å². The number of amides is 2. The highest BCUT2D eigenvalue weighted by Crippen LogP contribution is 2.20. The van der Waals surface area contributed by atoms with Crippen LogP contribution in [0.15, 0.2) is 0 Å². The minimum atomic E-state index is -0.0382. The van der Waals surface area contributed by atoms with Crippen LogP contribution in [0.5, 0.6) is 0 Å². The van der Waals surface area contributed by atoms with Crippen molar-refractivity contribution in [1.82, 2.24) is 9.80 Å². The van der Waals surface area contributed by atoms with E-state index in [4.69, 9.17) is 0 Å². The SMILES string of the molecule is CCCN1CCCN(C(C)(C)C)C1=O. The number of nitrogens with zero attached hydrogens (tertiary/aromatic N) is 2. The van der Waals surface area contributed by atoms with Gasteiger partial charge in [-0.2, -0.15) is 0 Å². The van der Waals surface area contributed by atoms with Gasteiger partial charge in [-0.3, -0.25) is 0 Å². The van der Waals surface area contributed by atoms with Gasteiger partial charge in [0.1, 0.15) is 0 Å². The molecule has 82 valence electrons. The summed E-state index contributed by atoms with van der Waals surface area (Å²) in [6, 6.07) is 0.214. The molecule has 0 saturated carbocycles. The predicted molar refractivity (Wildman–Crippen MR) is 58.3 cm³/mol. The van der Waals surface area contributed by atoms with E-state index in [0.29, 0.717) is 0 Å². The average molecular weight is 198 g/mol. The van der Waals surface area contributed by atoms with Crippen LogP contribution in [-0.2, 0) is 0 Å². The second-order valence-electron chi connectivity index (χ2n) is 4.95. The Morgan fingerprint density at radius 1 is 1.29 bits per heavy atom. The van der Waals surface area contributed by atoms with E-state index in [1.54, 1.807) is 0 Å². The molecule has 2 amide bonds. The van der Waals surface area contributed by atoms with Gasteiger partial charge in [-0.25, -0.2) is 4.79 Å². The van der Waals surface area contributed by atoms with E-state index < -0.39 is 0 Å². The number of hydrogen-bond donors (Lipinski definition) is 0. The largest absolute Gasteiger partial charge is 0.325 e. The van der Waals surface area contributed by atoms with E-state index in [2.05, 4.69) is 27.7 Å². The number of carbonyl (C=O) groups is 1. The molecule has 1 aliphatic rings. The van der Waals surface area contributed by atoms with Crippen LogP contribution < -0.4 is 0 Å². The van der Waals surface area contributed by atoms with E-state index in [0.717, 1.165) is 32.5 Å². The van der Waals surface area contributed by atoms with Crippen molar-refractivity contribution in [1.29, 1.82) is 0 Å². The highest BCUT2D eigenvalue weighted by molar-refractivity contribution is 5.76. The van der Waals surface area contributed by atoms with Gasteiger partial charge in [0.25, 0.3) is 0 Å². The molecule has 0 aromatic rings. The van der Waals surface area contributed by atoms with Gasteiger partial charge >= 0.3 is 6.03 Å². The summed E-state index contributed by atoms with van der Waals surface area (Å²) < 4.78 is 0. The van der Waals surface area contributed by atoms with Crippen molar-refractivity contribution in [3.63, 3.8) is 0 Å². The lowest BCUT2D eigenvalue weighted by Crippen LogP contribution is -2.56. The lowest BCUT2D eigenvalue weighted by Gasteiger charge is -2.43. The van der Waals surface area contributed by atoms with Crippen molar-refractivity contribution in [2.45, 2.75) is 46.1 Å². The lowest BCUT2D eigenvalue weighted by atomic mass is 10.0. The molecule has 0 unspecified atom stereocenters. The fourth-order valence-corrected chi connectivity index (χ4v) is 1.88. The Kier molecular flexibility index (Phi) is 3.40. The van der Waals surface area contributed by atoms with Crippen molar-refractivity contribution in [3.05, 3.63) is 0 Å². The molecule has 0 atom stereocenters. The normalized spacial score (nSPS) is 19.0. The lowest BCUT2D eigenvalue weighted by molar-refractivity contribution is 0.0848. The maximum Gasteiger partial charge on any atom is 0.320 e. The van der Waals surface area contributed by atoms with Crippen LogP contribution in [-0.4, -0.2) is 41.0 Å². The van der Waals surface area contributed by atoms with Crippen LogP contribution in [0.4, 0.5) is 4.79 Å². The average Bonchev–Trinajstić information content (AvgIpc) is 2.07. The van der Waals surface area contributed by atoms with Gasteiger partial charge in [0.2, 0.25) is 0 Å². The molecule has 3 heteroatoms. The van der Waals surface area contributed by atoms with Crippen LogP contribution in [0.25, 0.3) is 0 Å². The van der Waals surface area contributed by atoms with Crippen molar-refractivity contribution in [2.24, 2.45) is 0 Å². The van der Waals surface area contributed by atoms with Gasteiger partial charge in [-0.15, -0.1) is 0 Å².